The molecule has 0 aliphatic carbocycles. The van der Waals surface area contributed by atoms with Crippen molar-refractivity contribution in [1.29, 1.82) is 0 Å². The van der Waals surface area contributed by atoms with Gasteiger partial charge in [0.2, 0.25) is 0 Å². The molecule has 1 heterocycles. The second-order valence-corrected chi connectivity index (χ2v) is 8.36. The Bertz CT molecular complexity index is 1490. The minimum absolute atomic E-state index is 0.0565. The average molecular weight is 426 g/mol. The first kappa shape index (κ1) is 19.5. The summed E-state index contributed by atoms with van der Waals surface area (Å²) in [6.07, 6.45) is 0.776. The Labute approximate surface area is 193 Å². The van der Waals surface area contributed by atoms with Crippen molar-refractivity contribution in [1.82, 2.24) is 0 Å². The van der Waals surface area contributed by atoms with E-state index in [1.165, 1.54) is 11.1 Å². The zero-order valence-corrected chi connectivity index (χ0v) is 18.5. The molecular formula is C31H23NO. The molecule has 0 fully saturated rings. The summed E-state index contributed by atoms with van der Waals surface area (Å²) in [5.74, 6) is 0.0565. The summed E-state index contributed by atoms with van der Waals surface area (Å²) in [6, 6.07) is 37.3. The Kier molecular flexibility index (Phi) is 4.58. The van der Waals surface area contributed by atoms with Crippen LogP contribution in [0, 0.1) is 0 Å². The van der Waals surface area contributed by atoms with E-state index >= 15 is 0 Å². The Hall–Kier alpha value is -4.17. The van der Waals surface area contributed by atoms with Crippen LogP contribution in [0.4, 0.5) is 11.4 Å². The number of para-hydroxylation sites is 1. The summed E-state index contributed by atoms with van der Waals surface area (Å²) in [4.78, 5) is 15.9. The van der Waals surface area contributed by atoms with Crippen LogP contribution in [0.2, 0.25) is 0 Å². The highest BCUT2D eigenvalue weighted by Crippen LogP contribution is 2.50. The largest absolute Gasteiger partial charge is 0.276 e. The highest BCUT2D eigenvalue weighted by atomic mass is 16.2. The van der Waals surface area contributed by atoms with E-state index < -0.39 is 0 Å². The van der Waals surface area contributed by atoms with Crippen LogP contribution in [0.25, 0.3) is 33.0 Å². The minimum atomic E-state index is 0.0565. The third kappa shape index (κ3) is 2.91. The van der Waals surface area contributed by atoms with Crippen LogP contribution in [-0.4, -0.2) is 5.91 Å². The molecule has 2 nitrogen and oxygen atoms in total. The summed E-state index contributed by atoms with van der Waals surface area (Å²) >= 11 is 0. The summed E-state index contributed by atoms with van der Waals surface area (Å²) in [6.45, 7) is 2.15. The molecular weight excluding hydrogens is 402 g/mol. The third-order valence-electron chi connectivity index (χ3n) is 6.57. The van der Waals surface area contributed by atoms with Crippen LogP contribution in [0.3, 0.4) is 0 Å². The molecule has 0 saturated heterocycles. The maximum Gasteiger partial charge on any atom is 0.263 e. The Morgan fingerprint density at radius 1 is 0.606 bits per heavy atom. The number of carbonyl (C=O) groups excluding carboxylic acids is 1. The van der Waals surface area contributed by atoms with Crippen molar-refractivity contribution in [2.75, 3.05) is 4.90 Å². The van der Waals surface area contributed by atoms with Crippen LogP contribution < -0.4 is 4.90 Å². The molecule has 0 bridgehead atoms. The number of carbonyl (C=O) groups is 1. The van der Waals surface area contributed by atoms with Crippen LogP contribution in [0.5, 0.6) is 0 Å². The van der Waals surface area contributed by atoms with Gasteiger partial charge in [-0.1, -0.05) is 97.9 Å². The molecule has 33 heavy (non-hydrogen) atoms. The molecule has 0 aromatic heterocycles. The Morgan fingerprint density at radius 3 is 1.79 bits per heavy atom. The molecule has 0 saturated carbocycles. The molecule has 158 valence electrons. The van der Waals surface area contributed by atoms with Gasteiger partial charge in [0.1, 0.15) is 0 Å². The van der Waals surface area contributed by atoms with E-state index in [1.54, 1.807) is 0 Å². The van der Waals surface area contributed by atoms with Gasteiger partial charge in [0.05, 0.1) is 11.3 Å². The lowest BCUT2D eigenvalue weighted by Crippen LogP contribution is -2.21. The summed E-state index contributed by atoms with van der Waals surface area (Å²) in [5.41, 5.74) is 8.48. The standard InChI is InChI=1S/C31H23NO/c1-2-24-27(21-13-6-3-7-14-21)28(22-15-8-4-9-16-22)25-19-12-20-26-29(25)30(24)31(33)32(26)23-17-10-5-11-18-23/h3-20H,2H2,1H3. The lowest BCUT2D eigenvalue weighted by molar-refractivity contribution is 0.100. The summed E-state index contributed by atoms with van der Waals surface area (Å²) in [7, 11) is 0. The molecule has 6 rings (SSSR count). The maximum atomic E-state index is 14.0. The zero-order chi connectivity index (χ0) is 22.4. The molecule has 0 atom stereocenters. The smallest absolute Gasteiger partial charge is 0.263 e. The highest BCUT2D eigenvalue weighted by Gasteiger charge is 2.36. The number of nitrogens with zero attached hydrogens (tertiary/aromatic N) is 1. The lowest BCUT2D eigenvalue weighted by Gasteiger charge is -2.20. The average Bonchev–Trinajstić information content (AvgIpc) is 3.18. The predicted octanol–water partition coefficient (Wildman–Crippen LogP) is 8.03. The van der Waals surface area contributed by atoms with Crippen molar-refractivity contribution in [2.45, 2.75) is 13.3 Å². The first-order valence-corrected chi connectivity index (χ1v) is 11.4. The fourth-order valence-corrected chi connectivity index (χ4v) is 5.23. The van der Waals surface area contributed by atoms with E-state index in [-0.39, 0.29) is 5.91 Å². The second-order valence-electron chi connectivity index (χ2n) is 8.36. The van der Waals surface area contributed by atoms with Crippen molar-refractivity contribution >= 4 is 28.1 Å². The molecule has 5 aromatic rings. The highest BCUT2D eigenvalue weighted by molar-refractivity contribution is 6.31. The van der Waals surface area contributed by atoms with Gasteiger partial charge in [-0.2, -0.15) is 0 Å². The molecule has 0 radical (unpaired) electrons. The van der Waals surface area contributed by atoms with Crippen molar-refractivity contribution in [3.8, 4) is 22.3 Å². The number of benzene rings is 5. The number of hydrogen-bond acceptors (Lipinski definition) is 1. The maximum absolute atomic E-state index is 14.0. The van der Waals surface area contributed by atoms with Crippen LogP contribution in [0.15, 0.2) is 109 Å². The van der Waals surface area contributed by atoms with Crippen molar-refractivity contribution in [2.24, 2.45) is 0 Å². The molecule has 2 heteroatoms. The van der Waals surface area contributed by atoms with Gasteiger partial charge in [-0.3, -0.25) is 9.69 Å². The molecule has 1 aliphatic heterocycles. The monoisotopic (exact) mass is 425 g/mol. The SMILES string of the molecule is CCc1c(-c2ccccc2)c(-c2ccccc2)c2cccc3c2c1C(=O)N3c1ccccc1. The topological polar surface area (TPSA) is 20.3 Å². The minimum Gasteiger partial charge on any atom is -0.276 e. The number of rotatable bonds is 4. The molecule has 0 N–H and O–H groups in total. The van der Waals surface area contributed by atoms with Gasteiger partial charge in [0.15, 0.2) is 0 Å². The van der Waals surface area contributed by atoms with Gasteiger partial charge in [0.25, 0.3) is 5.91 Å². The van der Waals surface area contributed by atoms with E-state index in [2.05, 4.69) is 73.7 Å². The fourth-order valence-electron chi connectivity index (χ4n) is 5.23. The normalized spacial score (nSPS) is 12.5. The Morgan fingerprint density at radius 2 is 1.18 bits per heavy atom. The van der Waals surface area contributed by atoms with Crippen LogP contribution in [0.1, 0.15) is 22.8 Å². The van der Waals surface area contributed by atoms with Crippen LogP contribution in [-0.2, 0) is 6.42 Å². The van der Waals surface area contributed by atoms with Gasteiger partial charge in [0, 0.05) is 11.1 Å². The van der Waals surface area contributed by atoms with Crippen LogP contribution >= 0.6 is 0 Å². The van der Waals surface area contributed by atoms with E-state index in [4.69, 9.17) is 0 Å². The third-order valence-corrected chi connectivity index (χ3v) is 6.57. The first-order valence-electron chi connectivity index (χ1n) is 11.4. The van der Waals surface area contributed by atoms with Crippen molar-refractivity contribution < 1.29 is 4.79 Å². The van der Waals surface area contributed by atoms with E-state index in [0.29, 0.717) is 0 Å². The number of amides is 1. The van der Waals surface area contributed by atoms with Gasteiger partial charge < -0.3 is 0 Å². The van der Waals surface area contributed by atoms with Gasteiger partial charge in [-0.25, -0.2) is 0 Å². The fraction of sp³-hybridized carbons (Fsp3) is 0.0645. The quantitative estimate of drug-likeness (QED) is 0.285. The van der Waals surface area contributed by atoms with E-state index in [9.17, 15) is 4.79 Å². The first-order chi connectivity index (χ1) is 16.3. The van der Waals surface area contributed by atoms with Gasteiger partial charge in [-0.15, -0.1) is 0 Å². The molecule has 0 spiro atoms. The molecule has 5 aromatic carbocycles. The summed E-state index contributed by atoms with van der Waals surface area (Å²) < 4.78 is 0. The van der Waals surface area contributed by atoms with Crippen molar-refractivity contribution in [3.63, 3.8) is 0 Å². The lowest BCUT2D eigenvalue weighted by atomic mass is 9.82. The van der Waals surface area contributed by atoms with Crippen molar-refractivity contribution in [3.05, 3.63) is 120 Å². The molecule has 1 aliphatic rings. The second kappa shape index (κ2) is 7.75. The number of anilines is 2. The number of hydrogen-bond donors (Lipinski definition) is 0. The molecule has 0 unspecified atom stereocenters. The zero-order valence-electron chi connectivity index (χ0n) is 18.5. The van der Waals surface area contributed by atoms with E-state index in [0.717, 1.165) is 50.8 Å². The summed E-state index contributed by atoms with van der Waals surface area (Å²) in [5, 5.41) is 2.18. The van der Waals surface area contributed by atoms with E-state index in [1.807, 2.05) is 47.4 Å². The predicted molar refractivity (Wildman–Crippen MR) is 137 cm³/mol. The van der Waals surface area contributed by atoms with Gasteiger partial charge in [-0.05, 0) is 57.8 Å². The Balaban J connectivity index is 1.78. The molecule has 1 amide bonds. The van der Waals surface area contributed by atoms with Gasteiger partial charge >= 0.3 is 0 Å².